The van der Waals surface area contributed by atoms with Crippen LogP contribution < -0.4 is 5.32 Å². The third-order valence-electron chi connectivity index (χ3n) is 2.49. The van der Waals surface area contributed by atoms with Gasteiger partial charge in [0.1, 0.15) is 5.76 Å². The van der Waals surface area contributed by atoms with Crippen LogP contribution in [0.2, 0.25) is 0 Å². The lowest BCUT2D eigenvalue weighted by Gasteiger charge is -2.04. The van der Waals surface area contributed by atoms with Crippen LogP contribution in [0.4, 0.5) is 0 Å². The summed E-state index contributed by atoms with van der Waals surface area (Å²) >= 11 is 0. The third kappa shape index (κ3) is 1.50. The highest BCUT2D eigenvalue weighted by Gasteiger charge is 2.17. The summed E-state index contributed by atoms with van der Waals surface area (Å²) in [6.07, 6.45) is 4.09. The largest absolute Gasteiger partial charge is 0.361 e. The molecule has 1 aromatic heterocycles. The summed E-state index contributed by atoms with van der Waals surface area (Å²) in [7, 11) is 0. The molecule has 0 amide bonds. The summed E-state index contributed by atoms with van der Waals surface area (Å²) in [5, 5.41) is 7.11. The van der Waals surface area contributed by atoms with Gasteiger partial charge in [0.25, 0.3) is 0 Å². The average Bonchev–Trinajstić information content (AvgIpc) is 2.65. The van der Waals surface area contributed by atoms with Gasteiger partial charge in [-0.05, 0) is 32.4 Å². The van der Waals surface area contributed by atoms with Crippen LogP contribution in [0.25, 0.3) is 0 Å². The Morgan fingerprint density at radius 2 is 2.67 bits per heavy atom. The molecule has 0 aliphatic carbocycles. The second-order valence-electron chi connectivity index (χ2n) is 3.49. The van der Waals surface area contributed by atoms with Gasteiger partial charge in [-0.25, -0.2) is 0 Å². The maximum atomic E-state index is 5.15. The van der Waals surface area contributed by atoms with E-state index in [4.69, 9.17) is 4.52 Å². The van der Waals surface area contributed by atoms with E-state index in [0.29, 0.717) is 0 Å². The first-order chi connectivity index (χ1) is 5.86. The molecule has 3 heteroatoms. The lowest BCUT2D eigenvalue weighted by molar-refractivity contribution is 0.362. The Hall–Kier alpha value is -0.830. The van der Waals surface area contributed by atoms with E-state index in [1.54, 1.807) is 6.20 Å². The van der Waals surface area contributed by atoms with Crippen LogP contribution in [0.15, 0.2) is 10.7 Å². The van der Waals surface area contributed by atoms with Crippen molar-refractivity contribution < 1.29 is 4.52 Å². The summed E-state index contributed by atoms with van der Waals surface area (Å²) in [5.74, 6) is 1.81. The van der Waals surface area contributed by atoms with Crippen molar-refractivity contribution in [3.8, 4) is 0 Å². The van der Waals surface area contributed by atoms with E-state index in [0.717, 1.165) is 31.2 Å². The SMILES string of the molecule is Cc1cnoc1CC1CCNC1. The average molecular weight is 166 g/mol. The predicted molar refractivity (Wildman–Crippen MR) is 45.9 cm³/mol. The van der Waals surface area contributed by atoms with Crippen LogP contribution in [0, 0.1) is 12.8 Å². The van der Waals surface area contributed by atoms with Gasteiger partial charge in [-0.3, -0.25) is 0 Å². The highest BCUT2D eigenvalue weighted by atomic mass is 16.5. The van der Waals surface area contributed by atoms with Crippen LogP contribution in [0.1, 0.15) is 17.7 Å². The molecule has 0 spiro atoms. The molecule has 1 N–H and O–H groups in total. The standard InChI is InChI=1S/C9H14N2O/c1-7-5-11-12-9(7)4-8-2-3-10-6-8/h5,8,10H,2-4,6H2,1H3. The number of nitrogens with one attached hydrogen (secondary N) is 1. The van der Waals surface area contributed by atoms with E-state index < -0.39 is 0 Å². The van der Waals surface area contributed by atoms with Crippen molar-refractivity contribution in [3.63, 3.8) is 0 Å². The number of aromatic nitrogens is 1. The predicted octanol–water partition coefficient (Wildman–Crippen LogP) is 1.14. The molecule has 0 saturated carbocycles. The fourth-order valence-electron chi connectivity index (χ4n) is 1.66. The molecule has 0 bridgehead atoms. The van der Waals surface area contributed by atoms with Gasteiger partial charge in [0, 0.05) is 12.0 Å². The molecule has 2 heterocycles. The molecule has 1 atom stereocenters. The van der Waals surface area contributed by atoms with Crippen molar-refractivity contribution >= 4 is 0 Å². The van der Waals surface area contributed by atoms with Crippen LogP contribution in [0.3, 0.4) is 0 Å². The Morgan fingerprint density at radius 1 is 1.75 bits per heavy atom. The second-order valence-corrected chi connectivity index (χ2v) is 3.49. The van der Waals surface area contributed by atoms with Crippen LogP contribution in [0.5, 0.6) is 0 Å². The first-order valence-electron chi connectivity index (χ1n) is 4.47. The molecular formula is C9H14N2O. The van der Waals surface area contributed by atoms with E-state index in [1.165, 1.54) is 12.0 Å². The molecule has 2 rings (SSSR count). The van der Waals surface area contributed by atoms with E-state index in [9.17, 15) is 0 Å². The maximum absolute atomic E-state index is 5.15. The molecule has 1 aliphatic heterocycles. The zero-order chi connectivity index (χ0) is 8.39. The Balaban J connectivity index is 1.98. The summed E-state index contributed by atoms with van der Waals surface area (Å²) < 4.78 is 5.15. The lowest BCUT2D eigenvalue weighted by atomic mass is 10.0. The van der Waals surface area contributed by atoms with Crippen molar-refractivity contribution in [2.45, 2.75) is 19.8 Å². The van der Waals surface area contributed by atoms with Crippen LogP contribution in [-0.2, 0) is 6.42 Å². The quantitative estimate of drug-likeness (QED) is 0.715. The summed E-state index contributed by atoms with van der Waals surface area (Å²) in [4.78, 5) is 0. The smallest absolute Gasteiger partial charge is 0.139 e. The Bertz CT molecular complexity index is 251. The normalized spacial score (nSPS) is 23.2. The minimum absolute atomic E-state index is 0.747. The van der Waals surface area contributed by atoms with Gasteiger partial charge >= 0.3 is 0 Å². The van der Waals surface area contributed by atoms with Gasteiger partial charge in [-0.15, -0.1) is 0 Å². The number of aryl methyl sites for hydroxylation is 1. The van der Waals surface area contributed by atoms with Crippen molar-refractivity contribution in [1.29, 1.82) is 0 Å². The number of nitrogens with zero attached hydrogens (tertiary/aromatic N) is 1. The minimum atomic E-state index is 0.747. The van der Waals surface area contributed by atoms with Crippen molar-refractivity contribution in [2.75, 3.05) is 13.1 Å². The fourth-order valence-corrected chi connectivity index (χ4v) is 1.66. The third-order valence-corrected chi connectivity index (χ3v) is 2.49. The highest BCUT2D eigenvalue weighted by Crippen LogP contribution is 2.17. The zero-order valence-electron chi connectivity index (χ0n) is 7.34. The number of hydrogen-bond donors (Lipinski definition) is 1. The Labute approximate surface area is 72.1 Å². The first kappa shape index (κ1) is 7.80. The van der Waals surface area contributed by atoms with E-state index in [-0.39, 0.29) is 0 Å². The molecular weight excluding hydrogens is 152 g/mol. The molecule has 12 heavy (non-hydrogen) atoms. The monoisotopic (exact) mass is 166 g/mol. The van der Waals surface area contributed by atoms with Gasteiger partial charge in [-0.2, -0.15) is 0 Å². The Morgan fingerprint density at radius 3 is 3.25 bits per heavy atom. The van der Waals surface area contributed by atoms with Gasteiger partial charge in [0.15, 0.2) is 0 Å². The van der Waals surface area contributed by atoms with Gasteiger partial charge in [0.05, 0.1) is 6.20 Å². The van der Waals surface area contributed by atoms with Gasteiger partial charge in [-0.1, -0.05) is 5.16 Å². The van der Waals surface area contributed by atoms with Gasteiger partial charge < -0.3 is 9.84 Å². The zero-order valence-corrected chi connectivity index (χ0v) is 7.34. The minimum Gasteiger partial charge on any atom is -0.361 e. The molecule has 1 aromatic rings. The van der Waals surface area contributed by atoms with Crippen molar-refractivity contribution in [2.24, 2.45) is 5.92 Å². The fraction of sp³-hybridized carbons (Fsp3) is 0.667. The topological polar surface area (TPSA) is 38.1 Å². The van der Waals surface area contributed by atoms with Crippen LogP contribution >= 0.6 is 0 Å². The Kier molecular flexibility index (Phi) is 2.13. The molecule has 1 unspecified atom stereocenters. The highest BCUT2D eigenvalue weighted by molar-refractivity contribution is 5.11. The molecule has 1 aliphatic rings. The maximum Gasteiger partial charge on any atom is 0.139 e. The molecule has 0 radical (unpaired) electrons. The van der Waals surface area contributed by atoms with Crippen LogP contribution in [-0.4, -0.2) is 18.2 Å². The summed E-state index contributed by atoms with van der Waals surface area (Å²) in [5.41, 5.74) is 1.18. The molecule has 3 nitrogen and oxygen atoms in total. The molecule has 1 fully saturated rings. The summed E-state index contributed by atoms with van der Waals surface area (Å²) in [6, 6.07) is 0. The number of hydrogen-bond acceptors (Lipinski definition) is 3. The van der Waals surface area contributed by atoms with Gasteiger partial charge in [0.2, 0.25) is 0 Å². The van der Waals surface area contributed by atoms with Crippen molar-refractivity contribution in [1.82, 2.24) is 10.5 Å². The second kappa shape index (κ2) is 3.27. The molecule has 66 valence electrons. The summed E-state index contributed by atoms with van der Waals surface area (Å²) in [6.45, 7) is 4.33. The molecule has 1 saturated heterocycles. The van der Waals surface area contributed by atoms with E-state index in [2.05, 4.69) is 10.5 Å². The van der Waals surface area contributed by atoms with E-state index in [1.807, 2.05) is 6.92 Å². The van der Waals surface area contributed by atoms with E-state index >= 15 is 0 Å². The lowest BCUT2D eigenvalue weighted by Crippen LogP contribution is -2.10. The van der Waals surface area contributed by atoms with Crippen molar-refractivity contribution in [3.05, 3.63) is 17.5 Å². The first-order valence-corrected chi connectivity index (χ1v) is 4.47. The molecule has 0 aromatic carbocycles. The number of rotatable bonds is 2.